The number of rotatable bonds is 3. The second kappa shape index (κ2) is 6.62. The van der Waals surface area contributed by atoms with E-state index in [-0.39, 0.29) is 11.8 Å². The number of halogens is 2. The summed E-state index contributed by atoms with van der Waals surface area (Å²) in [7, 11) is 0. The largest absolute Gasteiger partial charge is 0.384 e. The van der Waals surface area contributed by atoms with Crippen molar-refractivity contribution in [3.05, 3.63) is 50.2 Å². The van der Waals surface area contributed by atoms with Gasteiger partial charge >= 0.3 is 0 Å². The minimum atomic E-state index is -0.255. The fraction of sp³-hybridized carbons (Fsp3) is 0.200. The molecular weight excluding hydrogens is 401 g/mol. The molecule has 0 atom stereocenters. The Hall–Kier alpha value is -1.34. The average molecular weight is 416 g/mol. The van der Waals surface area contributed by atoms with Crippen molar-refractivity contribution in [1.29, 1.82) is 0 Å². The Kier molecular flexibility index (Phi) is 5.05. The maximum atomic E-state index is 12.3. The van der Waals surface area contributed by atoms with Crippen molar-refractivity contribution in [2.45, 2.75) is 19.8 Å². The van der Waals surface area contributed by atoms with Crippen molar-refractivity contribution in [2.75, 3.05) is 11.1 Å². The van der Waals surface area contributed by atoms with Crippen LogP contribution in [0, 0.1) is 3.57 Å². The van der Waals surface area contributed by atoms with Crippen LogP contribution >= 0.6 is 34.2 Å². The summed E-state index contributed by atoms with van der Waals surface area (Å²) in [6.07, 6.45) is 0. The number of nitrogens with one attached hydrogen (secondary N) is 1. The van der Waals surface area contributed by atoms with E-state index in [2.05, 4.69) is 32.9 Å². The second-order valence-electron chi connectivity index (χ2n) is 4.94. The molecular formula is C15H15ClIN3O. The first-order valence-electron chi connectivity index (χ1n) is 6.40. The highest BCUT2D eigenvalue weighted by Crippen LogP contribution is 2.25. The van der Waals surface area contributed by atoms with E-state index in [4.69, 9.17) is 17.3 Å². The zero-order valence-corrected chi connectivity index (χ0v) is 14.6. The van der Waals surface area contributed by atoms with Crippen LogP contribution in [0.1, 0.15) is 35.8 Å². The number of hydrogen-bond acceptors (Lipinski definition) is 3. The van der Waals surface area contributed by atoms with E-state index in [1.54, 1.807) is 24.3 Å². The Morgan fingerprint density at radius 2 is 2.05 bits per heavy atom. The highest BCUT2D eigenvalue weighted by Gasteiger charge is 2.12. The lowest BCUT2D eigenvalue weighted by atomic mass is 10.1. The first-order chi connectivity index (χ1) is 9.86. The van der Waals surface area contributed by atoms with Crippen molar-refractivity contribution in [1.82, 2.24) is 4.98 Å². The van der Waals surface area contributed by atoms with Gasteiger partial charge in [-0.25, -0.2) is 4.98 Å². The smallest absolute Gasteiger partial charge is 0.255 e. The fourth-order valence-electron chi connectivity index (χ4n) is 1.79. The Morgan fingerprint density at radius 3 is 2.67 bits per heavy atom. The number of benzene rings is 1. The fourth-order valence-corrected chi connectivity index (χ4v) is 2.69. The molecule has 21 heavy (non-hydrogen) atoms. The number of nitrogen functional groups attached to an aromatic ring is 1. The molecule has 0 aliphatic rings. The van der Waals surface area contributed by atoms with Crippen LogP contribution in [0.4, 0.5) is 11.5 Å². The van der Waals surface area contributed by atoms with Crippen LogP contribution in [0.2, 0.25) is 5.02 Å². The molecule has 2 rings (SSSR count). The molecule has 1 aromatic heterocycles. The molecule has 0 unspecified atom stereocenters. The molecule has 3 N–H and O–H groups in total. The van der Waals surface area contributed by atoms with E-state index < -0.39 is 0 Å². The predicted octanol–water partition coefficient (Wildman–Crippen LogP) is 4.30. The molecule has 1 aromatic carbocycles. The van der Waals surface area contributed by atoms with E-state index in [9.17, 15) is 4.79 Å². The second-order valence-corrected chi connectivity index (χ2v) is 6.59. The zero-order chi connectivity index (χ0) is 15.6. The lowest BCUT2D eigenvalue weighted by molar-refractivity contribution is 0.102. The Bertz CT molecular complexity index is 689. The molecule has 4 nitrogen and oxygen atoms in total. The SMILES string of the molecule is CC(C)c1cc(C(=O)Nc2ccc(I)cc2Cl)cc(N)n1. The number of carbonyl (C=O) groups is 1. The van der Waals surface area contributed by atoms with Gasteiger partial charge in [0.2, 0.25) is 0 Å². The van der Waals surface area contributed by atoms with E-state index in [0.29, 0.717) is 22.1 Å². The van der Waals surface area contributed by atoms with Gasteiger partial charge in [-0.3, -0.25) is 4.79 Å². The third-order valence-corrected chi connectivity index (χ3v) is 3.88. The number of amides is 1. The Labute approximate surface area is 142 Å². The lowest BCUT2D eigenvalue weighted by Gasteiger charge is -2.11. The van der Waals surface area contributed by atoms with Crippen molar-refractivity contribution < 1.29 is 4.79 Å². The lowest BCUT2D eigenvalue weighted by Crippen LogP contribution is -2.14. The van der Waals surface area contributed by atoms with Crippen molar-refractivity contribution >= 4 is 51.6 Å². The molecule has 0 radical (unpaired) electrons. The van der Waals surface area contributed by atoms with Crippen molar-refractivity contribution in [3.63, 3.8) is 0 Å². The van der Waals surface area contributed by atoms with E-state index in [1.165, 1.54) is 0 Å². The summed E-state index contributed by atoms with van der Waals surface area (Å²) in [4.78, 5) is 16.5. The molecule has 6 heteroatoms. The monoisotopic (exact) mass is 415 g/mol. The molecule has 0 saturated carbocycles. The molecule has 1 heterocycles. The average Bonchev–Trinajstić information content (AvgIpc) is 2.41. The van der Waals surface area contributed by atoms with E-state index in [1.807, 2.05) is 19.9 Å². The van der Waals surface area contributed by atoms with Gasteiger partial charge in [-0.05, 0) is 58.8 Å². The summed E-state index contributed by atoms with van der Waals surface area (Å²) in [5.74, 6) is 0.274. The molecule has 0 aliphatic carbocycles. The maximum absolute atomic E-state index is 12.3. The minimum absolute atomic E-state index is 0.196. The summed E-state index contributed by atoms with van der Waals surface area (Å²) < 4.78 is 1.01. The van der Waals surface area contributed by atoms with Crippen LogP contribution in [0.5, 0.6) is 0 Å². The van der Waals surface area contributed by atoms with Crippen LogP contribution in [-0.4, -0.2) is 10.9 Å². The number of pyridine rings is 1. The summed E-state index contributed by atoms with van der Waals surface area (Å²) >= 11 is 8.28. The Morgan fingerprint density at radius 1 is 1.33 bits per heavy atom. The standard InChI is InChI=1S/C15H15ClIN3O/c1-8(2)13-5-9(6-14(18)19-13)15(21)20-12-4-3-10(17)7-11(12)16/h3-8H,1-2H3,(H2,18,19)(H,20,21). The Balaban J connectivity index is 2.28. The van der Waals surface area contributed by atoms with Crippen LogP contribution in [0.25, 0.3) is 0 Å². The van der Waals surface area contributed by atoms with Gasteiger partial charge in [0.25, 0.3) is 5.91 Å². The molecule has 0 aliphatic heterocycles. The number of carbonyl (C=O) groups excluding carboxylic acids is 1. The third-order valence-electron chi connectivity index (χ3n) is 2.90. The van der Waals surface area contributed by atoms with Crippen molar-refractivity contribution in [2.24, 2.45) is 0 Å². The highest BCUT2D eigenvalue weighted by molar-refractivity contribution is 14.1. The molecule has 0 spiro atoms. The minimum Gasteiger partial charge on any atom is -0.384 e. The number of nitrogens with two attached hydrogens (primary N) is 1. The number of aromatic nitrogens is 1. The molecule has 110 valence electrons. The number of nitrogens with zero attached hydrogens (tertiary/aromatic N) is 1. The quantitative estimate of drug-likeness (QED) is 0.735. The maximum Gasteiger partial charge on any atom is 0.255 e. The molecule has 0 saturated heterocycles. The van der Waals surface area contributed by atoms with Gasteiger partial charge < -0.3 is 11.1 Å². The topological polar surface area (TPSA) is 68.0 Å². The van der Waals surface area contributed by atoms with Gasteiger partial charge in [0.15, 0.2) is 0 Å². The number of anilines is 2. The van der Waals surface area contributed by atoms with E-state index in [0.717, 1.165) is 9.26 Å². The molecule has 1 amide bonds. The van der Waals surface area contributed by atoms with Crippen molar-refractivity contribution in [3.8, 4) is 0 Å². The van der Waals surface area contributed by atoms with Gasteiger partial charge in [-0.2, -0.15) is 0 Å². The summed E-state index contributed by atoms with van der Waals surface area (Å²) in [5, 5.41) is 3.29. The van der Waals surface area contributed by atoms with E-state index >= 15 is 0 Å². The van der Waals surface area contributed by atoms with Gasteiger partial charge in [-0.1, -0.05) is 25.4 Å². The van der Waals surface area contributed by atoms with Gasteiger partial charge in [0, 0.05) is 14.8 Å². The van der Waals surface area contributed by atoms with Gasteiger partial charge in [0.1, 0.15) is 5.82 Å². The van der Waals surface area contributed by atoms with Crippen LogP contribution in [0.3, 0.4) is 0 Å². The van der Waals surface area contributed by atoms with Crippen LogP contribution in [0.15, 0.2) is 30.3 Å². The summed E-state index contributed by atoms with van der Waals surface area (Å²) in [6, 6.07) is 8.75. The predicted molar refractivity (Wildman–Crippen MR) is 94.9 cm³/mol. The molecule has 0 fully saturated rings. The first kappa shape index (κ1) is 16.0. The van der Waals surface area contributed by atoms with Gasteiger partial charge in [0.05, 0.1) is 10.7 Å². The zero-order valence-electron chi connectivity index (χ0n) is 11.7. The summed E-state index contributed by atoms with van der Waals surface area (Å²) in [5.41, 5.74) is 7.59. The molecule has 2 aromatic rings. The van der Waals surface area contributed by atoms with Crippen LogP contribution in [-0.2, 0) is 0 Å². The normalized spacial score (nSPS) is 10.7. The first-order valence-corrected chi connectivity index (χ1v) is 7.86. The third kappa shape index (κ3) is 4.07. The van der Waals surface area contributed by atoms with Crippen LogP contribution < -0.4 is 11.1 Å². The molecule has 0 bridgehead atoms. The summed E-state index contributed by atoms with van der Waals surface area (Å²) in [6.45, 7) is 4.00. The van der Waals surface area contributed by atoms with Gasteiger partial charge in [-0.15, -0.1) is 0 Å². The highest BCUT2D eigenvalue weighted by atomic mass is 127. The number of hydrogen-bond donors (Lipinski definition) is 2.